The minimum absolute atomic E-state index is 0.394. The summed E-state index contributed by atoms with van der Waals surface area (Å²) in [5.41, 5.74) is 7.45. The molecule has 1 unspecified atom stereocenters. The Labute approximate surface area is 94.7 Å². The Kier molecular flexibility index (Phi) is 3.10. The topological polar surface area (TPSA) is 66.6 Å². The number of nitrogens with two attached hydrogens (primary N) is 1. The van der Waals surface area contributed by atoms with Crippen LogP contribution in [0.15, 0.2) is 24.3 Å². The quantitative estimate of drug-likeness (QED) is 0.795. The minimum atomic E-state index is -0.748. The summed E-state index contributed by atoms with van der Waals surface area (Å²) >= 11 is 0. The normalized spacial score (nSPS) is 18.6. The number of anilines is 1. The van der Waals surface area contributed by atoms with Crippen molar-refractivity contribution in [1.82, 2.24) is 0 Å². The van der Waals surface area contributed by atoms with Crippen LogP contribution in [0.5, 0.6) is 0 Å². The molecule has 3 N–H and O–H groups in total. The average Bonchev–Trinajstić information content (AvgIpc) is 2.65. The largest absolute Gasteiger partial charge is 0.481 e. The van der Waals surface area contributed by atoms with Crippen molar-refractivity contribution >= 4 is 11.7 Å². The van der Waals surface area contributed by atoms with Crippen LogP contribution in [0.4, 0.5) is 5.69 Å². The number of benzene rings is 1. The number of fused-ring (bicyclic) bond motifs is 1. The summed E-state index contributed by atoms with van der Waals surface area (Å²) in [6.07, 6.45) is 0.890. The fraction of sp³-hybridized carbons (Fsp3) is 0.417. The Balaban J connectivity index is 2.24. The fourth-order valence-corrected chi connectivity index (χ4v) is 2.19. The Bertz CT molecular complexity index is 392. The summed E-state index contributed by atoms with van der Waals surface area (Å²) < 4.78 is 0. The second-order valence-electron chi connectivity index (χ2n) is 4.04. The van der Waals surface area contributed by atoms with Gasteiger partial charge in [-0.1, -0.05) is 18.2 Å². The van der Waals surface area contributed by atoms with Crippen molar-refractivity contribution in [2.24, 2.45) is 5.73 Å². The van der Waals surface area contributed by atoms with Crippen LogP contribution in [0, 0.1) is 0 Å². The number of nitrogens with zero attached hydrogens (tertiary/aromatic N) is 1. The minimum Gasteiger partial charge on any atom is -0.481 e. The zero-order chi connectivity index (χ0) is 11.5. The van der Waals surface area contributed by atoms with E-state index >= 15 is 0 Å². The van der Waals surface area contributed by atoms with Gasteiger partial charge in [-0.05, 0) is 24.6 Å². The molecule has 16 heavy (non-hydrogen) atoms. The molecular formula is C12H16N2O2. The molecule has 0 aromatic heterocycles. The molecule has 4 nitrogen and oxygen atoms in total. The maximum atomic E-state index is 11.1. The van der Waals surface area contributed by atoms with Crippen molar-refractivity contribution in [1.29, 1.82) is 0 Å². The number of aliphatic carboxylic acids is 1. The monoisotopic (exact) mass is 220 g/mol. The van der Waals surface area contributed by atoms with Gasteiger partial charge < -0.3 is 15.7 Å². The first-order chi connectivity index (χ1) is 7.74. The highest BCUT2D eigenvalue weighted by Crippen LogP contribution is 2.35. The molecule has 0 amide bonds. The molecule has 1 aliphatic heterocycles. The zero-order valence-corrected chi connectivity index (χ0v) is 9.10. The molecule has 0 saturated heterocycles. The highest BCUT2D eigenvalue weighted by Gasteiger charge is 2.32. The van der Waals surface area contributed by atoms with Gasteiger partial charge in [0, 0.05) is 18.8 Å². The van der Waals surface area contributed by atoms with Gasteiger partial charge in [-0.2, -0.15) is 0 Å². The number of rotatable bonds is 4. The van der Waals surface area contributed by atoms with Gasteiger partial charge in [0.1, 0.15) is 5.92 Å². The van der Waals surface area contributed by atoms with Gasteiger partial charge in [0.25, 0.3) is 0 Å². The lowest BCUT2D eigenvalue weighted by atomic mass is 10.0. The molecular weight excluding hydrogens is 204 g/mol. The molecule has 0 saturated carbocycles. The molecule has 0 bridgehead atoms. The predicted molar refractivity (Wildman–Crippen MR) is 62.7 cm³/mol. The molecule has 1 aliphatic rings. The van der Waals surface area contributed by atoms with E-state index in [9.17, 15) is 4.79 Å². The van der Waals surface area contributed by atoms with Crippen molar-refractivity contribution in [3.8, 4) is 0 Å². The van der Waals surface area contributed by atoms with Crippen molar-refractivity contribution in [2.45, 2.75) is 12.3 Å². The SMILES string of the molecule is NCCCN1CC(C(=O)O)c2ccccc21. The standard InChI is InChI=1S/C12H16N2O2/c13-6-3-7-14-8-10(12(15)16)9-4-1-2-5-11(9)14/h1-2,4-5,10H,3,6-8,13H2,(H,15,16). The molecule has 0 fully saturated rings. The molecule has 0 spiro atoms. The van der Waals surface area contributed by atoms with Crippen molar-refractivity contribution in [3.63, 3.8) is 0 Å². The van der Waals surface area contributed by atoms with Crippen molar-refractivity contribution in [2.75, 3.05) is 24.5 Å². The van der Waals surface area contributed by atoms with Crippen LogP contribution in [0.1, 0.15) is 17.9 Å². The van der Waals surface area contributed by atoms with Crippen LogP contribution in [0.2, 0.25) is 0 Å². The summed E-state index contributed by atoms with van der Waals surface area (Å²) in [7, 11) is 0. The lowest BCUT2D eigenvalue weighted by molar-refractivity contribution is -0.138. The highest BCUT2D eigenvalue weighted by atomic mass is 16.4. The number of carboxylic acid groups (broad SMARTS) is 1. The van der Waals surface area contributed by atoms with Gasteiger partial charge in [-0.3, -0.25) is 4.79 Å². The fourth-order valence-electron chi connectivity index (χ4n) is 2.19. The summed E-state index contributed by atoms with van der Waals surface area (Å²) in [5.74, 6) is -1.14. The van der Waals surface area contributed by atoms with E-state index in [-0.39, 0.29) is 0 Å². The molecule has 2 rings (SSSR count). The smallest absolute Gasteiger partial charge is 0.312 e. The van der Waals surface area contributed by atoms with E-state index in [0.29, 0.717) is 13.1 Å². The van der Waals surface area contributed by atoms with E-state index in [0.717, 1.165) is 24.2 Å². The van der Waals surface area contributed by atoms with Gasteiger partial charge >= 0.3 is 5.97 Å². The van der Waals surface area contributed by atoms with E-state index in [1.807, 2.05) is 24.3 Å². The molecule has 0 aliphatic carbocycles. The summed E-state index contributed by atoms with van der Waals surface area (Å²) in [4.78, 5) is 13.2. The first-order valence-corrected chi connectivity index (χ1v) is 5.50. The maximum absolute atomic E-state index is 11.1. The Morgan fingerprint density at radius 1 is 1.50 bits per heavy atom. The van der Waals surface area contributed by atoms with Crippen LogP contribution in [-0.4, -0.2) is 30.7 Å². The van der Waals surface area contributed by atoms with E-state index in [2.05, 4.69) is 4.90 Å². The summed E-state index contributed by atoms with van der Waals surface area (Å²) in [6, 6.07) is 7.71. The van der Waals surface area contributed by atoms with Gasteiger partial charge in [0.2, 0.25) is 0 Å². The zero-order valence-electron chi connectivity index (χ0n) is 9.10. The van der Waals surface area contributed by atoms with Crippen LogP contribution in [-0.2, 0) is 4.79 Å². The molecule has 1 heterocycles. The van der Waals surface area contributed by atoms with E-state index in [1.165, 1.54) is 0 Å². The molecule has 4 heteroatoms. The lowest BCUT2D eigenvalue weighted by Gasteiger charge is -2.18. The molecule has 1 atom stereocenters. The van der Waals surface area contributed by atoms with Crippen molar-refractivity contribution in [3.05, 3.63) is 29.8 Å². The molecule has 0 radical (unpaired) electrons. The highest BCUT2D eigenvalue weighted by molar-refractivity contribution is 5.82. The van der Waals surface area contributed by atoms with Gasteiger partial charge in [-0.15, -0.1) is 0 Å². The average molecular weight is 220 g/mol. The maximum Gasteiger partial charge on any atom is 0.312 e. The molecule has 1 aromatic rings. The third-order valence-corrected chi connectivity index (χ3v) is 2.99. The number of carbonyl (C=O) groups is 1. The second kappa shape index (κ2) is 4.53. The molecule has 1 aromatic carbocycles. The number of para-hydroxylation sites is 1. The van der Waals surface area contributed by atoms with Crippen molar-refractivity contribution < 1.29 is 9.90 Å². The van der Waals surface area contributed by atoms with Gasteiger partial charge in [0.05, 0.1) is 0 Å². The van der Waals surface area contributed by atoms with E-state index in [4.69, 9.17) is 10.8 Å². The van der Waals surface area contributed by atoms with E-state index < -0.39 is 11.9 Å². The van der Waals surface area contributed by atoms with Crippen LogP contribution in [0.25, 0.3) is 0 Å². The Hall–Kier alpha value is -1.55. The summed E-state index contributed by atoms with van der Waals surface area (Å²) in [5, 5.41) is 9.15. The Morgan fingerprint density at radius 2 is 2.25 bits per heavy atom. The third-order valence-electron chi connectivity index (χ3n) is 2.99. The molecule has 86 valence electrons. The number of hydrogen-bond donors (Lipinski definition) is 2. The van der Waals surface area contributed by atoms with Gasteiger partial charge in [0.15, 0.2) is 0 Å². The van der Waals surface area contributed by atoms with Gasteiger partial charge in [-0.25, -0.2) is 0 Å². The second-order valence-corrected chi connectivity index (χ2v) is 4.04. The Morgan fingerprint density at radius 3 is 2.94 bits per heavy atom. The van der Waals surface area contributed by atoms with Crippen LogP contribution >= 0.6 is 0 Å². The lowest BCUT2D eigenvalue weighted by Crippen LogP contribution is -2.26. The number of hydrogen-bond acceptors (Lipinski definition) is 3. The van der Waals surface area contributed by atoms with E-state index in [1.54, 1.807) is 0 Å². The first-order valence-electron chi connectivity index (χ1n) is 5.50. The first kappa shape index (κ1) is 11.0. The summed E-state index contributed by atoms with van der Waals surface area (Å²) in [6.45, 7) is 2.03. The predicted octanol–water partition coefficient (Wildman–Crippen LogP) is 1.02. The third kappa shape index (κ3) is 1.88. The van der Waals surface area contributed by atoms with Crippen LogP contribution in [0.3, 0.4) is 0 Å². The van der Waals surface area contributed by atoms with Crippen LogP contribution < -0.4 is 10.6 Å². The number of carboxylic acids is 1.